The Morgan fingerprint density at radius 2 is 1.79 bits per heavy atom. The molecular weight excluding hydrogens is 545 g/mol. The average molecular weight is 560 g/mol. The number of benzene rings is 1. The lowest BCUT2D eigenvalue weighted by Gasteiger charge is -2.37. The van der Waals surface area contributed by atoms with E-state index in [1.54, 1.807) is 0 Å². The number of aliphatic imine (C=N–C) groups is 1. The van der Waals surface area contributed by atoms with Gasteiger partial charge in [0, 0.05) is 36.0 Å². The fourth-order valence-corrected chi connectivity index (χ4v) is 3.34. The molecule has 0 aliphatic carbocycles. The molecule has 206 valence electrons. The van der Waals surface area contributed by atoms with Crippen LogP contribution in [0.25, 0.3) is 22.8 Å². The Balaban J connectivity index is 0.000000532. The highest BCUT2D eigenvalue weighted by Crippen LogP contribution is 2.41. The van der Waals surface area contributed by atoms with Gasteiger partial charge in [-0.25, -0.2) is 24.1 Å². The van der Waals surface area contributed by atoms with E-state index in [0.29, 0.717) is 5.56 Å². The highest BCUT2D eigenvalue weighted by molar-refractivity contribution is 5.74. The van der Waals surface area contributed by atoms with E-state index in [0.717, 1.165) is 6.07 Å². The monoisotopic (exact) mass is 560 g/mol. The van der Waals surface area contributed by atoms with E-state index in [4.69, 9.17) is 30.2 Å². The van der Waals surface area contributed by atoms with Gasteiger partial charge in [0.25, 0.3) is 6.02 Å². The number of alkyl halides is 6. The number of halogens is 7. The van der Waals surface area contributed by atoms with Gasteiger partial charge in [-0.3, -0.25) is 0 Å². The van der Waals surface area contributed by atoms with Gasteiger partial charge in [0.15, 0.2) is 23.3 Å². The Hall–Kier alpha value is -4.75. The first-order valence-electron chi connectivity index (χ1n) is 10.4. The lowest BCUT2D eigenvalue weighted by molar-refractivity contribution is -0.192. The second-order valence-electron chi connectivity index (χ2n) is 8.04. The molecule has 3 N–H and O–H groups in total. The first kappa shape index (κ1) is 28.8. The molecule has 4 rings (SSSR count). The summed E-state index contributed by atoms with van der Waals surface area (Å²) in [6.45, 7) is 1.31. The number of carboxylic acids is 1. The molecule has 0 radical (unpaired) electrons. The number of hydrogen-bond donors (Lipinski definition) is 2. The predicted molar refractivity (Wildman–Crippen MR) is 116 cm³/mol. The molecule has 1 aromatic carbocycles. The van der Waals surface area contributed by atoms with E-state index in [9.17, 15) is 30.7 Å². The second-order valence-corrected chi connectivity index (χ2v) is 8.04. The van der Waals surface area contributed by atoms with Crippen LogP contribution in [0.5, 0.6) is 0 Å². The zero-order valence-electron chi connectivity index (χ0n) is 19.4. The van der Waals surface area contributed by atoms with Gasteiger partial charge < -0.3 is 20.1 Å². The number of hydrogen-bond acceptors (Lipinski definition) is 9. The van der Waals surface area contributed by atoms with Gasteiger partial charge in [-0.15, -0.1) is 0 Å². The number of nitriles is 1. The summed E-state index contributed by atoms with van der Waals surface area (Å²) in [5.41, 5.74) is 4.46. The van der Waals surface area contributed by atoms with Crippen LogP contribution in [0.4, 0.5) is 30.7 Å². The lowest BCUT2D eigenvalue weighted by Crippen LogP contribution is -2.46. The quantitative estimate of drug-likeness (QED) is 0.445. The molecule has 2 atom stereocenters. The highest BCUT2D eigenvalue weighted by atomic mass is 19.4. The van der Waals surface area contributed by atoms with Crippen LogP contribution < -0.4 is 5.73 Å². The topological polar surface area (TPSA) is 161 Å². The van der Waals surface area contributed by atoms with Crippen molar-refractivity contribution >= 4 is 12.0 Å². The smallest absolute Gasteiger partial charge is 0.475 e. The van der Waals surface area contributed by atoms with Crippen LogP contribution in [0.2, 0.25) is 0 Å². The molecule has 0 saturated carbocycles. The SMILES string of the molecule is C[C@@]1(c2cc(-c3cc(-c4ncc(C#N)cn4)no3)ccc2F)C[C@@H](C(F)(F)F)N=C(N)O1.O=C(O)C(F)(F)F. The maximum Gasteiger partial charge on any atom is 0.490 e. The van der Waals surface area contributed by atoms with Crippen LogP contribution in [0.1, 0.15) is 24.5 Å². The fraction of sp³-hybridized carbons (Fsp3) is 0.273. The van der Waals surface area contributed by atoms with Crippen LogP contribution in [-0.4, -0.2) is 50.6 Å². The summed E-state index contributed by atoms with van der Waals surface area (Å²) in [6, 6.07) is 4.35. The summed E-state index contributed by atoms with van der Waals surface area (Å²) in [4.78, 5) is 20.2. The molecule has 39 heavy (non-hydrogen) atoms. The van der Waals surface area contributed by atoms with Crippen LogP contribution in [0, 0.1) is 17.1 Å². The molecular formula is C22H15F7N6O4. The zero-order chi connectivity index (χ0) is 29.2. The molecule has 0 saturated heterocycles. The Kier molecular flexibility index (Phi) is 7.80. The number of aromatic nitrogens is 3. The number of ether oxygens (including phenoxy) is 1. The van der Waals surface area contributed by atoms with E-state index in [-0.39, 0.29) is 28.4 Å². The number of nitrogens with zero attached hydrogens (tertiary/aromatic N) is 5. The normalized spacial score (nSPS) is 19.2. The highest BCUT2D eigenvalue weighted by Gasteiger charge is 2.49. The van der Waals surface area contributed by atoms with Crippen molar-refractivity contribution in [1.82, 2.24) is 15.1 Å². The maximum atomic E-state index is 14.7. The van der Waals surface area contributed by atoms with Gasteiger partial charge in [-0.1, -0.05) is 5.16 Å². The minimum absolute atomic E-state index is 0.144. The Bertz CT molecular complexity index is 1430. The van der Waals surface area contributed by atoms with Crippen molar-refractivity contribution in [2.45, 2.75) is 37.3 Å². The van der Waals surface area contributed by atoms with Gasteiger partial charge in [0.1, 0.15) is 17.5 Å². The van der Waals surface area contributed by atoms with Crippen molar-refractivity contribution in [1.29, 1.82) is 5.26 Å². The van der Waals surface area contributed by atoms with Crippen LogP contribution >= 0.6 is 0 Å². The van der Waals surface area contributed by atoms with Crippen molar-refractivity contribution in [3.63, 3.8) is 0 Å². The molecule has 0 unspecified atom stereocenters. The largest absolute Gasteiger partial charge is 0.490 e. The Morgan fingerprint density at radius 3 is 2.33 bits per heavy atom. The second kappa shape index (κ2) is 10.6. The Labute approximate surface area is 213 Å². The maximum absolute atomic E-state index is 14.7. The molecule has 10 nitrogen and oxygen atoms in total. The van der Waals surface area contributed by atoms with Crippen molar-refractivity contribution in [2.75, 3.05) is 0 Å². The summed E-state index contributed by atoms with van der Waals surface area (Å²) in [5, 5.41) is 19.8. The van der Waals surface area contributed by atoms with Gasteiger partial charge in [-0.2, -0.15) is 31.6 Å². The number of amidine groups is 1. The molecule has 0 bridgehead atoms. The molecule has 0 spiro atoms. The van der Waals surface area contributed by atoms with E-state index in [1.807, 2.05) is 6.07 Å². The van der Waals surface area contributed by atoms with Crippen LogP contribution in [0.15, 0.2) is 46.2 Å². The van der Waals surface area contributed by atoms with Crippen LogP contribution in [0.3, 0.4) is 0 Å². The molecule has 3 heterocycles. The molecule has 0 fully saturated rings. The first-order valence-corrected chi connectivity index (χ1v) is 10.4. The third-order valence-corrected chi connectivity index (χ3v) is 5.16. The van der Waals surface area contributed by atoms with Gasteiger partial charge >= 0.3 is 18.3 Å². The molecule has 1 aliphatic heterocycles. The minimum Gasteiger partial charge on any atom is -0.475 e. The van der Waals surface area contributed by atoms with E-state index >= 15 is 0 Å². The van der Waals surface area contributed by atoms with E-state index < -0.39 is 48.2 Å². The molecule has 0 amide bonds. The predicted octanol–water partition coefficient (Wildman–Crippen LogP) is 4.32. The Morgan fingerprint density at radius 1 is 1.18 bits per heavy atom. The van der Waals surface area contributed by atoms with Gasteiger partial charge in [0.2, 0.25) is 0 Å². The van der Waals surface area contributed by atoms with Crippen LogP contribution in [-0.2, 0) is 15.1 Å². The number of carbonyl (C=O) groups is 1. The summed E-state index contributed by atoms with van der Waals surface area (Å²) >= 11 is 0. The van der Waals surface area contributed by atoms with Crippen molar-refractivity contribution in [3.05, 3.63) is 53.6 Å². The van der Waals surface area contributed by atoms with Gasteiger partial charge in [0.05, 0.1) is 5.56 Å². The number of aliphatic carboxylic acids is 1. The average Bonchev–Trinajstić information content (AvgIpc) is 3.33. The summed E-state index contributed by atoms with van der Waals surface area (Å²) in [7, 11) is 0. The summed E-state index contributed by atoms with van der Waals surface area (Å²) in [5.74, 6) is -3.14. The summed E-state index contributed by atoms with van der Waals surface area (Å²) in [6.07, 6.45) is -7.77. The van der Waals surface area contributed by atoms with E-state index in [1.165, 1.54) is 37.5 Å². The third kappa shape index (κ3) is 6.77. The number of carboxylic acid groups (broad SMARTS) is 1. The standard InChI is InChI=1S/C20H14F4N6O2.C2HF3O2/c1-19(6-16(20(22,23)24)29-18(26)31-19)12-4-11(2-3-13(12)21)15-5-14(30-32-15)17-27-8-10(7-25)9-28-17;3-2(4,5)1(6)7/h2-5,8-9,16H,6H2,1H3,(H2,26,29);(H,6,7)/t16-,19-;/m0./s1. The molecule has 2 aromatic heterocycles. The van der Waals surface area contributed by atoms with Crippen molar-refractivity contribution < 1.29 is 49.9 Å². The lowest BCUT2D eigenvalue weighted by atomic mass is 9.86. The van der Waals surface area contributed by atoms with Gasteiger partial charge in [-0.05, 0) is 25.1 Å². The molecule has 1 aliphatic rings. The molecule has 17 heteroatoms. The van der Waals surface area contributed by atoms with Crippen molar-refractivity contribution in [3.8, 4) is 28.9 Å². The fourth-order valence-electron chi connectivity index (χ4n) is 3.34. The number of rotatable bonds is 3. The molecule has 3 aromatic rings. The first-order chi connectivity index (χ1) is 18.0. The summed E-state index contributed by atoms with van der Waals surface area (Å²) < 4.78 is 96.8. The zero-order valence-corrected chi connectivity index (χ0v) is 19.4. The number of nitrogens with two attached hydrogens (primary N) is 1. The van der Waals surface area contributed by atoms with E-state index in [2.05, 4.69) is 20.1 Å². The third-order valence-electron chi connectivity index (χ3n) is 5.16. The minimum atomic E-state index is -5.08. The van der Waals surface area contributed by atoms with Crippen molar-refractivity contribution in [2.24, 2.45) is 10.7 Å².